The number of alkyl halides is 1. The molecule has 1 aromatic heterocycles. The van der Waals surface area contributed by atoms with Gasteiger partial charge in [-0.2, -0.15) is 0 Å². The summed E-state index contributed by atoms with van der Waals surface area (Å²) < 4.78 is 18.3. The molecule has 0 saturated heterocycles. The fourth-order valence-corrected chi connectivity index (χ4v) is 3.02. The van der Waals surface area contributed by atoms with Gasteiger partial charge in [-0.15, -0.1) is 0 Å². The summed E-state index contributed by atoms with van der Waals surface area (Å²) in [6.07, 6.45) is 7.62. The Bertz CT molecular complexity index is 944. The Balaban J connectivity index is 1.70. The Hall–Kier alpha value is -2.94. The van der Waals surface area contributed by atoms with E-state index in [-0.39, 0.29) is 0 Å². The van der Waals surface area contributed by atoms with E-state index in [0.29, 0.717) is 13.0 Å². The minimum absolute atomic E-state index is 0.499. The van der Waals surface area contributed by atoms with Crippen molar-refractivity contribution in [3.63, 3.8) is 0 Å². The molecular formula is C25H26FNO. The number of nitrogens with zero attached hydrogens (tertiary/aromatic N) is 1. The summed E-state index contributed by atoms with van der Waals surface area (Å²) in [4.78, 5) is 4.78. The van der Waals surface area contributed by atoms with Gasteiger partial charge in [0.25, 0.3) is 0 Å². The van der Waals surface area contributed by atoms with Crippen molar-refractivity contribution < 1.29 is 9.13 Å². The third kappa shape index (κ3) is 5.53. The lowest BCUT2D eigenvalue weighted by atomic mass is 10.1. The average molecular weight is 375 g/mol. The molecule has 3 aromatic rings. The molecule has 3 rings (SSSR count). The molecule has 0 radical (unpaired) electrons. The molecule has 1 atom stereocenters. The summed E-state index contributed by atoms with van der Waals surface area (Å²) in [7, 11) is 0. The summed E-state index contributed by atoms with van der Waals surface area (Å²) in [5.41, 5.74) is 4.09. The van der Waals surface area contributed by atoms with Gasteiger partial charge in [-0.25, -0.2) is 9.37 Å². The number of allylic oxidation sites excluding steroid dienone is 1. The molecule has 0 bridgehead atoms. The average Bonchev–Trinajstić information content (AvgIpc) is 2.71. The highest BCUT2D eigenvalue weighted by atomic mass is 19.1. The Morgan fingerprint density at radius 3 is 2.68 bits per heavy atom. The van der Waals surface area contributed by atoms with Crippen LogP contribution in [0, 0.1) is 0 Å². The van der Waals surface area contributed by atoms with Crippen molar-refractivity contribution in [2.45, 2.75) is 32.4 Å². The van der Waals surface area contributed by atoms with Crippen LogP contribution in [0.15, 0.2) is 73.3 Å². The van der Waals surface area contributed by atoms with E-state index in [0.717, 1.165) is 46.3 Å². The molecular weight excluding hydrogens is 349 g/mol. The van der Waals surface area contributed by atoms with Gasteiger partial charge in [0.2, 0.25) is 0 Å². The zero-order valence-electron chi connectivity index (χ0n) is 16.3. The van der Waals surface area contributed by atoms with Gasteiger partial charge in [-0.3, -0.25) is 0 Å². The highest BCUT2D eigenvalue weighted by molar-refractivity contribution is 5.83. The first-order chi connectivity index (χ1) is 13.7. The largest absolute Gasteiger partial charge is 0.490 e. The van der Waals surface area contributed by atoms with E-state index >= 15 is 0 Å². The number of hydrogen-bond acceptors (Lipinski definition) is 2. The van der Waals surface area contributed by atoms with Crippen LogP contribution in [-0.2, 0) is 0 Å². The van der Waals surface area contributed by atoms with Crippen LogP contribution in [0.1, 0.15) is 31.7 Å². The lowest BCUT2D eigenvalue weighted by Crippen LogP contribution is -1.92. The molecule has 144 valence electrons. The second-order valence-electron chi connectivity index (χ2n) is 6.89. The van der Waals surface area contributed by atoms with Gasteiger partial charge in [0.1, 0.15) is 12.4 Å². The summed E-state index contributed by atoms with van der Waals surface area (Å²) in [6, 6.07) is 18.3. The highest BCUT2D eigenvalue weighted by Gasteiger charge is 2.03. The number of pyridine rings is 1. The molecule has 2 aromatic carbocycles. The number of rotatable bonds is 9. The summed E-state index contributed by atoms with van der Waals surface area (Å²) in [5.74, 6) is 0.821. The van der Waals surface area contributed by atoms with Crippen LogP contribution >= 0.6 is 0 Å². The fraction of sp³-hybridized carbons (Fsp3) is 0.240. The smallest absolute Gasteiger partial charge is 0.119 e. The monoisotopic (exact) mass is 375 g/mol. The minimum Gasteiger partial charge on any atom is -0.490 e. The van der Waals surface area contributed by atoms with Crippen LogP contribution in [0.4, 0.5) is 4.39 Å². The zero-order valence-corrected chi connectivity index (χ0v) is 16.3. The van der Waals surface area contributed by atoms with Gasteiger partial charge >= 0.3 is 0 Å². The normalized spacial score (nSPS) is 12.4. The van der Waals surface area contributed by atoms with E-state index in [4.69, 9.17) is 9.72 Å². The maximum absolute atomic E-state index is 12.8. The van der Waals surface area contributed by atoms with E-state index < -0.39 is 6.17 Å². The van der Waals surface area contributed by atoms with Crippen molar-refractivity contribution >= 4 is 17.0 Å². The molecule has 28 heavy (non-hydrogen) atoms. The SMILES string of the molecule is C=CCOc1ccc(-c2ccc3cc(C=CCCCC(C)F)ccc3n2)cc1. The third-order valence-corrected chi connectivity index (χ3v) is 4.51. The van der Waals surface area contributed by atoms with Crippen LogP contribution in [0.25, 0.3) is 28.2 Å². The molecule has 2 nitrogen and oxygen atoms in total. The van der Waals surface area contributed by atoms with Gasteiger partial charge in [-0.05, 0) is 74.2 Å². The molecule has 0 amide bonds. The van der Waals surface area contributed by atoms with Gasteiger partial charge in [0.15, 0.2) is 0 Å². The van der Waals surface area contributed by atoms with Crippen molar-refractivity contribution in [3.05, 3.63) is 78.9 Å². The number of ether oxygens (including phenoxy) is 1. The topological polar surface area (TPSA) is 22.1 Å². The van der Waals surface area contributed by atoms with Crippen LogP contribution in [0.2, 0.25) is 0 Å². The van der Waals surface area contributed by atoms with E-state index in [1.165, 1.54) is 0 Å². The fourth-order valence-electron chi connectivity index (χ4n) is 3.02. The lowest BCUT2D eigenvalue weighted by Gasteiger charge is -2.06. The van der Waals surface area contributed by atoms with Crippen LogP contribution in [-0.4, -0.2) is 17.8 Å². The quantitative estimate of drug-likeness (QED) is 0.296. The number of unbranched alkanes of at least 4 members (excludes halogenated alkanes) is 1. The first kappa shape index (κ1) is 19.8. The van der Waals surface area contributed by atoms with Crippen molar-refractivity contribution in [3.8, 4) is 17.0 Å². The van der Waals surface area contributed by atoms with Crippen molar-refractivity contribution in [2.75, 3.05) is 6.61 Å². The highest BCUT2D eigenvalue weighted by Crippen LogP contribution is 2.24. The van der Waals surface area contributed by atoms with E-state index in [1.54, 1.807) is 13.0 Å². The number of benzene rings is 2. The maximum Gasteiger partial charge on any atom is 0.119 e. The molecule has 1 unspecified atom stereocenters. The standard InChI is InChI=1S/C25H26FNO/c1-3-17-28-23-13-10-21(11-14-23)24-16-12-22-18-20(9-15-25(22)27-24)8-6-4-5-7-19(2)26/h3,6,8-16,18-19H,1,4-5,7,17H2,2H3. The molecule has 0 saturated carbocycles. The van der Waals surface area contributed by atoms with Crippen LogP contribution in [0.5, 0.6) is 5.75 Å². The summed E-state index contributed by atoms with van der Waals surface area (Å²) >= 11 is 0. The van der Waals surface area contributed by atoms with Crippen molar-refractivity contribution in [2.24, 2.45) is 0 Å². The van der Waals surface area contributed by atoms with E-state index in [9.17, 15) is 4.39 Å². The van der Waals surface area contributed by atoms with E-state index in [2.05, 4.69) is 36.9 Å². The minimum atomic E-state index is -0.717. The maximum atomic E-state index is 12.8. The molecule has 0 aliphatic heterocycles. The van der Waals surface area contributed by atoms with Gasteiger partial charge in [0, 0.05) is 10.9 Å². The van der Waals surface area contributed by atoms with Gasteiger partial charge in [-0.1, -0.05) is 36.9 Å². The van der Waals surface area contributed by atoms with Crippen molar-refractivity contribution in [1.29, 1.82) is 0 Å². The van der Waals surface area contributed by atoms with Gasteiger partial charge in [0.05, 0.1) is 17.4 Å². The number of fused-ring (bicyclic) bond motifs is 1. The predicted octanol–water partition coefficient (Wildman–Crippen LogP) is 7.01. The number of halogens is 1. The number of aromatic nitrogens is 1. The second kappa shape index (κ2) is 9.84. The Labute approximate surface area is 166 Å². The molecule has 1 heterocycles. The first-order valence-corrected chi connectivity index (χ1v) is 9.71. The Kier molecular flexibility index (Phi) is 6.96. The van der Waals surface area contributed by atoms with E-state index in [1.807, 2.05) is 36.4 Å². The van der Waals surface area contributed by atoms with Crippen LogP contribution < -0.4 is 4.74 Å². The Morgan fingerprint density at radius 1 is 1.11 bits per heavy atom. The van der Waals surface area contributed by atoms with Gasteiger partial charge < -0.3 is 4.74 Å². The summed E-state index contributed by atoms with van der Waals surface area (Å²) in [5, 5.41) is 1.11. The second-order valence-corrected chi connectivity index (χ2v) is 6.89. The van der Waals surface area contributed by atoms with Crippen molar-refractivity contribution in [1.82, 2.24) is 4.98 Å². The number of hydrogen-bond donors (Lipinski definition) is 0. The molecule has 0 fully saturated rings. The molecule has 0 spiro atoms. The molecule has 0 aliphatic rings. The zero-order chi connectivity index (χ0) is 19.8. The first-order valence-electron chi connectivity index (χ1n) is 9.71. The molecule has 3 heteroatoms. The predicted molar refractivity (Wildman–Crippen MR) is 116 cm³/mol. The molecule has 0 aliphatic carbocycles. The lowest BCUT2D eigenvalue weighted by molar-refractivity contribution is 0.335. The van der Waals surface area contributed by atoms with Crippen LogP contribution in [0.3, 0.4) is 0 Å². The summed E-state index contributed by atoms with van der Waals surface area (Å²) in [6.45, 7) is 5.76. The molecule has 0 N–H and O–H groups in total. The Morgan fingerprint density at radius 2 is 1.93 bits per heavy atom. The third-order valence-electron chi connectivity index (χ3n) is 4.51.